The van der Waals surface area contributed by atoms with Crippen LogP contribution in [0, 0.1) is 0 Å². The molecule has 37 heavy (non-hydrogen) atoms. The van der Waals surface area contributed by atoms with Crippen LogP contribution < -0.4 is 19.8 Å². The fraction of sp³-hybridized carbons (Fsp3) is 0.241. The molecule has 1 fully saturated rings. The molecule has 0 aromatic heterocycles. The number of ether oxygens (including phenoxy) is 2. The summed E-state index contributed by atoms with van der Waals surface area (Å²) in [5, 5.41) is 4.10. The largest absolute Gasteiger partial charge is 0.493 e. The molecule has 1 saturated heterocycles. The lowest BCUT2D eigenvalue weighted by Gasteiger charge is -2.36. The normalized spacial score (nSPS) is 13.9. The van der Waals surface area contributed by atoms with Gasteiger partial charge in [-0.3, -0.25) is 9.69 Å². The van der Waals surface area contributed by atoms with Crippen LogP contribution in [0.5, 0.6) is 11.5 Å². The number of hydrogen-bond donors (Lipinski definition) is 1. The summed E-state index contributed by atoms with van der Waals surface area (Å²) in [6, 6.07) is 21.9. The molecule has 0 atom stereocenters. The van der Waals surface area contributed by atoms with Crippen LogP contribution >= 0.6 is 15.9 Å². The third-order valence-electron chi connectivity index (χ3n) is 6.09. The number of rotatable bonds is 10. The Morgan fingerprint density at radius 1 is 1.08 bits per heavy atom. The van der Waals surface area contributed by atoms with Gasteiger partial charge in [0.15, 0.2) is 11.5 Å². The summed E-state index contributed by atoms with van der Waals surface area (Å²) in [5.41, 5.74) is 6.36. The number of carbonyl (C=O) groups excluding carboxylic acids is 1. The predicted octanol–water partition coefficient (Wildman–Crippen LogP) is 5.11. The Hall–Kier alpha value is -3.62. The lowest BCUT2D eigenvalue weighted by Crippen LogP contribution is -2.45. The second-order valence-corrected chi connectivity index (χ2v) is 9.48. The quantitative estimate of drug-likeness (QED) is 0.211. The molecule has 0 unspecified atom stereocenters. The number of nitrogens with zero attached hydrogens (tertiary/aromatic N) is 3. The van der Waals surface area contributed by atoms with Crippen LogP contribution in [0.3, 0.4) is 0 Å². The Morgan fingerprint density at radius 2 is 1.81 bits per heavy atom. The van der Waals surface area contributed by atoms with Gasteiger partial charge < -0.3 is 14.4 Å². The number of hydrazone groups is 1. The van der Waals surface area contributed by atoms with E-state index in [9.17, 15) is 4.79 Å². The minimum Gasteiger partial charge on any atom is -0.493 e. The topological polar surface area (TPSA) is 66.4 Å². The maximum Gasteiger partial charge on any atom is 0.271 e. The summed E-state index contributed by atoms with van der Waals surface area (Å²) >= 11 is 3.49. The summed E-state index contributed by atoms with van der Waals surface area (Å²) in [4.78, 5) is 17.4. The van der Waals surface area contributed by atoms with Gasteiger partial charge in [0.25, 0.3) is 5.91 Å². The second kappa shape index (κ2) is 13.1. The maximum absolute atomic E-state index is 12.6. The van der Waals surface area contributed by atoms with Crippen LogP contribution in [0.2, 0.25) is 0 Å². The SMILES string of the molecule is C=CCOc1c(Br)cc(C=NNC(=O)c2ccc(CN3CCN(c4ccccc4)CC3)cc2)cc1OC. The van der Waals surface area contributed by atoms with Gasteiger partial charge in [-0.2, -0.15) is 5.10 Å². The Morgan fingerprint density at radius 3 is 2.49 bits per heavy atom. The standard InChI is InChI=1S/C29H31BrN4O3/c1-3-17-37-28-26(30)18-23(19-27(28)36-2)20-31-32-29(35)24-11-9-22(10-12-24)21-33-13-15-34(16-14-33)25-7-5-4-6-8-25/h3-12,18-20H,1,13-17,21H2,2H3,(H,32,35). The van der Waals surface area contributed by atoms with Crippen molar-refractivity contribution in [3.8, 4) is 11.5 Å². The number of piperazine rings is 1. The zero-order valence-corrected chi connectivity index (χ0v) is 22.5. The first kappa shape index (κ1) is 26.4. The summed E-state index contributed by atoms with van der Waals surface area (Å²) in [6.07, 6.45) is 3.22. The highest BCUT2D eigenvalue weighted by Crippen LogP contribution is 2.36. The number of methoxy groups -OCH3 is 1. The van der Waals surface area contributed by atoms with E-state index in [-0.39, 0.29) is 5.91 Å². The monoisotopic (exact) mass is 562 g/mol. The molecule has 3 aromatic carbocycles. The number of anilines is 1. The average molecular weight is 563 g/mol. The van der Waals surface area contributed by atoms with E-state index in [0.717, 1.165) is 42.8 Å². The van der Waals surface area contributed by atoms with Gasteiger partial charge in [-0.1, -0.05) is 43.0 Å². The summed E-state index contributed by atoms with van der Waals surface area (Å²) in [6.45, 7) is 8.92. The van der Waals surface area contributed by atoms with Crippen molar-refractivity contribution in [3.63, 3.8) is 0 Å². The lowest BCUT2D eigenvalue weighted by molar-refractivity contribution is 0.0955. The van der Waals surface area contributed by atoms with Crippen LogP contribution in [-0.2, 0) is 6.54 Å². The van der Waals surface area contributed by atoms with Crippen LogP contribution in [0.25, 0.3) is 0 Å². The molecule has 1 aliphatic heterocycles. The van der Waals surface area contributed by atoms with Gasteiger partial charge in [-0.25, -0.2) is 5.43 Å². The summed E-state index contributed by atoms with van der Waals surface area (Å²) in [7, 11) is 1.57. The van der Waals surface area contributed by atoms with Gasteiger partial charge >= 0.3 is 0 Å². The number of carbonyl (C=O) groups is 1. The van der Waals surface area contributed by atoms with Crippen molar-refractivity contribution in [2.24, 2.45) is 5.10 Å². The van der Waals surface area contributed by atoms with Crippen LogP contribution in [0.4, 0.5) is 5.69 Å². The third-order valence-corrected chi connectivity index (χ3v) is 6.68. The fourth-order valence-electron chi connectivity index (χ4n) is 4.15. The van der Waals surface area contributed by atoms with E-state index in [0.29, 0.717) is 23.7 Å². The van der Waals surface area contributed by atoms with E-state index >= 15 is 0 Å². The van der Waals surface area contributed by atoms with Crippen LogP contribution in [-0.4, -0.2) is 56.9 Å². The number of nitrogens with one attached hydrogen (secondary N) is 1. The lowest BCUT2D eigenvalue weighted by atomic mass is 10.1. The Kier molecular flexibility index (Phi) is 9.35. The second-order valence-electron chi connectivity index (χ2n) is 8.63. The first-order valence-electron chi connectivity index (χ1n) is 12.1. The molecule has 3 aromatic rings. The van der Waals surface area contributed by atoms with Gasteiger partial charge in [0, 0.05) is 44.0 Å². The third kappa shape index (κ3) is 7.21. The van der Waals surface area contributed by atoms with Gasteiger partial charge in [-0.15, -0.1) is 0 Å². The van der Waals surface area contributed by atoms with Gasteiger partial charge in [0.2, 0.25) is 0 Å². The molecule has 0 radical (unpaired) electrons. The highest BCUT2D eigenvalue weighted by Gasteiger charge is 2.17. The van der Waals surface area contributed by atoms with Crippen molar-refractivity contribution in [1.82, 2.24) is 10.3 Å². The zero-order chi connectivity index (χ0) is 26.0. The molecule has 1 aliphatic rings. The molecule has 0 saturated carbocycles. The van der Waals surface area contributed by atoms with Crippen molar-refractivity contribution >= 4 is 33.7 Å². The number of para-hydroxylation sites is 1. The van der Waals surface area contributed by atoms with Crippen molar-refractivity contribution < 1.29 is 14.3 Å². The van der Waals surface area contributed by atoms with Crippen molar-refractivity contribution in [3.05, 3.63) is 101 Å². The van der Waals surface area contributed by atoms with E-state index in [4.69, 9.17) is 9.47 Å². The van der Waals surface area contributed by atoms with Crippen LogP contribution in [0.15, 0.2) is 89.0 Å². The Bertz CT molecular complexity index is 1220. The van der Waals surface area contributed by atoms with Crippen LogP contribution in [0.1, 0.15) is 21.5 Å². The molecular weight excluding hydrogens is 532 g/mol. The van der Waals surface area contributed by atoms with Crippen molar-refractivity contribution in [2.75, 3.05) is 44.8 Å². The van der Waals surface area contributed by atoms with Crippen molar-refractivity contribution in [1.29, 1.82) is 0 Å². The van der Waals surface area contributed by atoms with Crippen molar-refractivity contribution in [2.45, 2.75) is 6.54 Å². The molecule has 4 rings (SSSR count). The van der Waals surface area contributed by atoms with Gasteiger partial charge in [-0.05, 0) is 63.5 Å². The Balaban J connectivity index is 1.28. The predicted molar refractivity (Wildman–Crippen MR) is 152 cm³/mol. The summed E-state index contributed by atoms with van der Waals surface area (Å²) in [5.74, 6) is 0.874. The fourth-order valence-corrected chi connectivity index (χ4v) is 4.72. The van der Waals surface area contributed by atoms with E-state index in [1.807, 2.05) is 36.4 Å². The molecule has 1 amide bonds. The molecule has 0 spiro atoms. The average Bonchev–Trinajstić information content (AvgIpc) is 2.93. The first-order chi connectivity index (χ1) is 18.1. The highest BCUT2D eigenvalue weighted by molar-refractivity contribution is 9.10. The van der Waals surface area contributed by atoms with Gasteiger partial charge in [0.1, 0.15) is 6.61 Å². The summed E-state index contributed by atoms with van der Waals surface area (Å²) < 4.78 is 11.8. The number of benzene rings is 3. The van der Waals surface area contributed by atoms with E-state index in [1.165, 1.54) is 11.3 Å². The number of halogens is 1. The minimum atomic E-state index is -0.267. The molecular formula is C29H31BrN4O3. The number of amides is 1. The molecule has 1 N–H and O–H groups in total. The maximum atomic E-state index is 12.6. The minimum absolute atomic E-state index is 0.267. The molecule has 192 valence electrons. The smallest absolute Gasteiger partial charge is 0.271 e. The molecule has 7 nitrogen and oxygen atoms in total. The van der Waals surface area contributed by atoms with E-state index < -0.39 is 0 Å². The number of hydrogen-bond acceptors (Lipinski definition) is 6. The molecule has 0 aliphatic carbocycles. The Labute approximate surface area is 226 Å². The molecule has 0 bridgehead atoms. The molecule has 1 heterocycles. The highest BCUT2D eigenvalue weighted by atomic mass is 79.9. The zero-order valence-electron chi connectivity index (χ0n) is 20.9. The van der Waals surface area contributed by atoms with Gasteiger partial charge in [0.05, 0.1) is 17.8 Å². The van der Waals surface area contributed by atoms with E-state index in [2.05, 4.69) is 67.1 Å². The molecule has 8 heteroatoms. The first-order valence-corrected chi connectivity index (χ1v) is 12.9. The van der Waals surface area contributed by atoms with E-state index in [1.54, 1.807) is 25.5 Å².